The van der Waals surface area contributed by atoms with E-state index in [2.05, 4.69) is 5.32 Å². The van der Waals surface area contributed by atoms with Crippen molar-refractivity contribution in [1.82, 2.24) is 10.2 Å². The molecule has 0 atom stereocenters. The number of hydrogen-bond acceptors (Lipinski definition) is 4. The fourth-order valence-corrected chi connectivity index (χ4v) is 3.94. The summed E-state index contributed by atoms with van der Waals surface area (Å²) >= 11 is 6.40. The lowest BCUT2D eigenvalue weighted by atomic mass is 10.1. The number of rotatable bonds is 11. The van der Waals surface area contributed by atoms with E-state index in [-0.39, 0.29) is 17.9 Å². The highest BCUT2D eigenvalue weighted by Crippen LogP contribution is 2.37. The maximum Gasteiger partial charge on any atom is 0.251 e. The first-order valence-electron chi connectivity index (χ1n) is 11.9. The number of amides is 2. The Balaban J connectivity index is 1.42. The molecule has 2 fully saturated rings. The molecule has 0 bridgehead atoms. The molecule has 6 nitrogen and oxygen atoms in total. The number of nitrogens with one attached hydrogen (secondary N) is 1. The largest absolute Gasteiger partial charge is 0.493 e. The highest BCUT2D eigenvalue weighted by molar-refractivity contribution is 6.32. The van der Waals surface area contributed by atoms with Crippen LogP contribution in [0.25, 0.3) is 6.08 Å². The zero-order chi connectivity index (χ0) is 24.1. The van der Waals surface area contributed by atoms with E-state index in [1.165, 1.54) is 0 Å². The van der Waals surface area contributed by atoms with Crippen molar-refractivity contribution < 1.29 is 19.1 Å². The molecular formula is C27H31ClN2O4. The number of hydrogen-bond donors (Lipinski definition) is 1. The first kappa shape index (κ1) is 24.1. The molecule has 4 rings (SSSR count). The predicted molar refractivity (Wildman–Crippen MR) is 133 cm³/mol. The van der Waals surface area contributed by atoms with Crippen LogP contribution in [0, 0.1) is 0 Å². The second-order valence-corrected chi connectivity index (χ2v) is 9.27. The molecule has 0 aliphatic heterocycles. The van der Waals surface area contributed by atoms with Crippen molar-refractivity contribution in [3.63, 3.8) is 0 Å². The number of methoxy groups -OCH3 is 1. The normalized spacial score (nSPS) is 15.3. The summed E-state index contributed by atoms with van der Waals surface area (Å²) in [6, 6.07) is 11.7. The molecule has 180 valence electrons. The van der Waals surface area contributed by atoms with E-state index in [0.29, 0.717) is 41.3 Å². The molecule has 34 heavy (non-hydrogen) atoms. The van der Waals surface area contributed by atoms with Crippen LogP contribution in [0.4, 0.5) is 0 Å². The Morgan fingerprint density at radius 3 is 2.50 bits per heavy atom. The number of halogens is 1. The van der Waals surface area contributed by atoms with Gasteiger partial charge in [-0.2, -0.15) is 0 Å². The van der Waals surface area contributed by atoms with E-state index >= 15 is 0 Å². The Kier molecular flexibility index (Phi) is 7.78. The van der Waals surface area contributed by atoms with Crippen LogP contribution in [-0.2, 0) is 11.3 Å². The van der Waals surface area contributed by atoms with Gasteiger partial charge in [-0.05, 0) is 73.6 Å². The predicted octanol–water partition coefficient (Wildman–Crippen LogP) is 5.23. The van der Waals surface area contributed by atoms with Gasteiger partial charge in [0.2, 0.25) is 5.91 Å². The van der Waals surface area contributed by atoms with Crippen LogP contribution in [0.15, 0.2) is 42.5 Å². The van der Waals surface area contributed by atoms with Gasteiger partial charge < -0.3 is 19.7 Å². The average molecular weight is 483 g/mol. The van der Waals surface area contributed by atoms with Gasteiger partial charge >= 0.3 is 0 Å². The lowest BCUT2D eigenvalue weighted by molar-refractivity contribution is -0.127. The maximum atomic E-state index is 13.0. The van der Waals surface area contributed by atoms with Gasteiger partial charge in [0, 0.05) is 30.3 Å². The lowest BCUT2D eigenvalue weighted by Gasteiger charge is -2.21. The number of ether oxygens (including phenoxy) is 2. The Morgan fingerprint density at radius 1 is 1.15 bits per heavy atom. The minimum Gasteiger partial charge on any atom is -0.493 e. The van der Waals surface area contributed by atoms with Gasteiger partial charge in [0.25, 0.3) is 5.91 Å². The van der Waals surface area contributed by atoms with Crippen LogP contribution in [0.5, 0.6) is 11.5 Å². The smallest absolute Gasteiger partial charge is 0.251 e. The molecule has 0 spiro atoms. The standard InChI is InChI=1S/C27H31ClN2O4/c1-3-14-34-26-23(28)15-19(16-24(26)33-2)6-13-25(31)30(22-11-12-22)17-18-4-7-20(8-5-18)27(32)29-21-9-10-21/h4-8,13,15-16,21-22H,3,9-12,14,17H2,1-2H3,(H,29,32)/b13-6+. The van der Waals surface area contributed by atoms with Gasteiger partial charge in [0.1, 0.15) is 0 Å². The minimum atomic E-state index is -0.0561. The molecule has 0 radical (unpaired) electrons. The summed E-state index contributed by atoms with van der Waals surface area (Å²) in [5.41, 5.74) is 2.41. The summed E-state index contributed by atoms with van der Waals surface area (Å²) in [6.07, 6.45) is 8.32. The zero-order valence-corrected chi connectivity index (χ0v) is 20.4. The second-order valence-electron chi connectivity index (χ2n) is 8.86. The highest BCUT2D eigenvalue weighted by Gasteiger charge is 2.31. The summed E-state index contributed by atoms with van der Waals surface area (Å²) in [5.74, 6) is 0.966. The molecular weight excluding hydrogens is 452 g/mol. The van der Waals surface area contributed by atoms with Crippen molar-refractivity contribution >= 4 is 29.5 Å². The van der Waals surface area contributed by atoms with Gasteiger partial charge in [0.15, 0.2) is 11.5 Å². The topological polar surface area (TPSA) is 67.9 Å². The van der Waals surface area contributed by atoms with Crippen molar-refractivity contribution in [2.75, 3.05) is 13.7 Å². The first-order chi connectivity index (χ1) is 16.5. The monoisotopic (exact) mass is 482 g/mol. The van der Waals surface area contributed by atoms with Crippen LogP contribution in [0.3, 0.4) is 0 Å². The Bertz CT molecular complexity index is 1060. The van der Waals surface area contributed by atoms with E-state index < -0.39 is 0 Å². The van der Waals surface area contributed by atoms with Crippen molar-refractivity contribution in [3.8, 4) is 11.5 Å². The molecule has 2 aliphatic rings. The van der Waals surface area contributed by atoms with E-state index in [1.54, 1.807) is 25.3 Å². The van der Waals surface area contributed by atoms with E-state index in [9.17, 15) is 9.59 Å². The van der Waals surface area contributed by atoms with E-state index in [4.69, 9.17) is 21.1 Å². The number of benzene rings is 2. The van der Waals surface area contributed by atoms with Crippen molar-refractivity contribution in [2.45, 2.75) is 57.7 Å². The average Bonchev–Trinajstić information content (AvgIpc) is 3.76. The summed E-state index contributed by atoms with van der Waals surface area (Å²) < 4.78 is 11.1. The molecule has 0 heterocycles. The Morgan fingerprint density at radius 2 is 1.88 bits per heavy atom. The molecule has 0 unspecified atom stereocenters. The molecule has 7 heteroatoms. The summed E-state index contributed by atoms with van der Waals surface area (Å²) in [7, 11) is 1.57. The van der Waals surface area contributed by atoms with Crippen molar-refractivity contribution in [2.24, 2.45) is 0 Å². The van der Waals surface area contributed by atoms with Crippen molar-refractivity contribution in [1.29, 1.82) is 0 Å². The number of carbonyl (C=O) groups excluding carboxylic acids is 2. The van der Waals surface area contributed by atoms with Crippen LogP contribution in [0.2, 0.25) is 5.02 Å². The summed E-state index contributed by atoms with van der Waals surface area (Å²) in [5, 5.41) is 3.44. The third-order valence-electron chi connectivity index (χ3n) is 5.87. The third-order valence-corrected chi connectivity index (χ3v) is 6.15. The molecule has 2 amide bonds. The van der Waals surface area contributed by atoms with Gasteiger partial charge in [-0.15, -0.1) is 0 Å². The fraction of sp³-hybridized carbons (Fsp3) is 0.407. The molecule has 2 aliphatic carbocycles. The molecule has 0 saturated heterocycles. The number of nitrogens with zero attached hydrogens (tertiary/aromatic N) is 1. The minimum absolute atomic E-state index is 0.0349. The van der Waals surface area contributed by atoms with Gasteiger partial charge in [-0.3, -0.25) is 9.59 Å². The van der Waals surface area contributed by atoms with Gasteiger partial charge in [-0.25, -0.2) is 0 Å². The SMILES string of the molecule is CCCOc1c(Cl)cc(/C=C/C(=O)N(Cc2ccc(C(=O)NC3CC3)cc2)C2CC2)cc1OC. The highest BCUT2D eigenvalue weighted by atomic mass is 35.5. The van der Waals surface area contributed by atoms with Crippen LogP contribution < -0.4 is 14.8 Å². The van der Waals surface area contributed by atoms with Crippen LogP contribution in [-0.4, -0.2) is 42.5 Å². The lowest BCUT2D eigenvalue weighted by Crippen LogP contribution is -2.31. The summed E-state index contributed by atoms with van der Waals surface area (Å²) in [6.45, 7) is 3.08. The summed E-state index contributed by atoms with van der Waals surface area (Å²) in [4.78, 5) is 27.1. The van der Waals surface area contributed by atoms with Crippen LogP contribution >= 0.6 is 11.6 Å². The zero-order valence-electron chi connectivity index (χ0n) is 19.7. The van der Waals surface area contributed by atoms with Gasteiger partial charge in [-0.1, -0.05) is 30.7 Å². The Labute approximate surface area is 205 Å². The molecule has 2 saturated carbocycles. The quantitative estimate of drug-likeness (QED) is 0.445. The molecule has 0 aromatic heterocycles. The van der Waals surface area contributed by atoms with E-state index in [1.807, 2.05) is 42.2 Å². The van der Waals surface area contributed by atoms with Gasteiger partial charge in [0.05, 0.1) is 18.7 Å². The number of carbonyl (C=O) groups is 2. The maximum absolute atomic E-state index is 13.0. The van der Waals surface area contributed by atoms with E-state index in [0.717, 1.165) is 43.2 Å². The molecule has 2 aromatic carbocycles. The van der Waals surface area contributed by atoms with Crippen molar-refractivity contribution in [3.05, 3.63) is 64.2 Å². The molecule has 1 N–H and O–H groups in total. The fourth-order valence-electron chi connectivity index (χ4n) is 3.67. The molecule has 2 aromatic rings. The first-order valence-corrected chi connectivity index (χ1v) is 12.2. The Hall–Kier alpha value is -2.99. The third kappa shape index (κ3) is 6.32. The second kappa shape index (κ2) is 11.0. The van der Waals surface area contributed by atoms with Crippen LogP contribution in [0.1, 0.15) is 60.5 Å².